The van der Waals surface area contributed by atoms with Crippen LogP contribution in [0.4, 0.5) is 15.5 Å². The molecule has 0 atom stereocenters. The van der Waals surface area contributed by atoms with E-state index in [4.69, 9.17) is 4.98 Å². The largest absolute Gasteiger partial charge is 0.360 e. The van der Waals surface area contributed by atoms with E-state index in [1.165, 1.54) is 18.5 Å². The quantitative estimate of drug-likeness (QED) is 0.424. The van der Waals surface area contributed by atoms with E-state index in [-0.39, 0.29) is 5.82 Å². The van der Waals surface area contributed by atoms with Gasteiger partial charge in [-0.3, -0.25) is 4.57 Å². The topological polar surface area (TPSA) is 83.8 Å². The van der Waals surface area contributed by atoms with Crippen LogP contribution in [0.25, 0.3) is 11.2 Å². The molecule has 32 heavy (non-hydrogen) atoms. The van der Waals surface area contributed by atoms with E-state index in [1.54, 1.807) is 29.7 Å². The molecular weight excluding hydrogens is 427 g/mol. The van der Waals surface area contributed by atoms with Gasteiger partial charge in [0.1, 0.15) is 17.7 Å². The van der Waals surface area contributed by atoms with Gasteiger partial charge in [-0.1, -0.05) is 12.1 Å². The summed E-state index contributed by atoms with van der Waals surface area (Å²) in [6, 6.07) is 6.90. The number of benzene rings is 1. The average Bonchev–Trinajstić information content (AvgIpc) is 3.45. The summed E-state index contributed by atoms with van der Waals surface area (Å²) >= 11 is 1.63. The molecule has 166 valence electrons. The third-order valence-electron chi connectivity index (χ3n) is 5.72. The number of anilines is 2. The van der Waals surface area contributed by atoms with Crippen LogP contribution in [-0.4, -0.2) is 61.6 Å². The van der Waals surface area contributed by atoms with Gasteiger partial charge in [0.15, 0.2) is 10.8 Å². The van der Waals surface area contributed by atoms with Crippen molar-refractivity contribution < 1.29 is 4.39 Å². The van der Waals surface area contributed by atoms with E-state index in [2.05, 4.69) is 35.1 Å². The molecule has 5 rings (SSSR count). The van der Waals surface area contributed by atoms with Crippen LogP contribution in [-0.2, 0) is 6.54 Å². The third kappa shape index (κ3) is 4.86. The number of hydrogen-bond donors (Lipinski definition) is 2. The smallest absolute Gasteiger partial charge is 0.205 e. The van der Waals surface area contributed by atoms with Gasteiger partial charge in [-0.2, -0.15) is 0 Å². The summed E-state index contributed by atoms with van der Waals surface area (Å²) in [7, 11) is 0. The number of nitrogens with one attached hydrogen (secondary N) is 2. The number of likely N-dealkylation sites (tertiary alicyclic amines) is 1. The minimum Gasteiger partial charge on any atom is -0.360 e. The molecule has 2 N–H and O–H groups in total. The molecule has 1 aliphatic heterocycles. The Labute approximate surface area is 189 Å². The van der Waals surface area contributed by atoms with Crippen molar-refractivity contribution in [3.05, 3.63) is 59.7 Å². The lowest BCUT2D eigenvalue weighted by molar-refractivity contribution is 0.226. The van der Waals surface area contributed by atoms with Crippen LogP contribution in [0, 0.1) is 5.82 Å². The molecule has 1 saturated heterocycles. The van der Waals surface area contributed by atoms with E-state index in [9.17, 15) is 4.39 Å². The lowest BCUT2D eigenvalue weighted by Gasteiger charge is -2.32. The Morgan fingerprint density at radius 2 is 1.97 bits per heavy atom. The highest BCUT2D eigenvalue weighted by atomic mass is 32.1. The minimum absolute atomic E-state index is 0.237. The van der Waals surface area contributed by atoms with Crippen LogP contribution in [0.15, 0.2) is 48.4 Å². The van der Waals surface area contributed by atoms with Crippen molar-refractivity contribution in [2.24, 2.45) is 0 Å². The molecule has 1 fully saturated rings. The zero-order chi connectivity index (χ0) is 21.8. The number of piperidine rings is 1. The molecule has 1 aromatic carbocycles. The molecule has 0 unspecified atom stereocenters. The Hall–Kier alpha value is -3.11. The summed E-state index contributed by atoms with van der Waals surface area (Å²) in [5.41, 5.74) is 2.52. The second-order valence-corrected chi connectivity index (χ2v) is 8.80. The molecule has 4 heterocycles. The number of thiazole rings is 1. The van der Waals surface area contributed by atoms with E-state index in [0.29, 0.717) is 12.6 Å². The number of fused-ring (bicyclic) bond motifs is 1. The second-order valence-electron chi connectivity index (χ2n) is 7.90. The maximum Gasteiger partial charge on any atom is 0.205 e. The van der Waals surface area contributed by atoms with Crippen LogP contribution < -0.4 is 10.6 Å². The fourth-order valence-corrected chi connectivity index (χ4v) is 4.58. The Bertz CT molecular complexity index is 1140. The number of hydrogen-bond acceptors (Lipinski definition) is 8. The normalized spacial score (nSPS) is 15.3. The zero-order valence-corrected chi connectivity index (χ0v) is 18.4. The summed E-state index contributed by atoms with van der Waals surface area (Å²) in [4.78, 5) is 20.0. The van der Waals surface area contributed by atoms with Gasteiger partial charge in [0.25, 0.3) is 0 Å². The maximum absolute atomic E-state index is 13.3. The molecule has 3 aromatic heterocycles. The predicted molar refractivity (Wildman–Crippen MR) is 125 cm³/mol. The van der Waals surface area contributed by atoms with Gasteiger partial charge in [0.2, 0.25) is 5.95 Å². The molecule has 1 aliphatic rings. The first kappa shape index (κ1) is 20.8. The Morgan fingerprint density at radius 3 is 2.75 bits per heavy atom. The van der Waals surface area contributed by atoms with Crippen LogP contribution in [0.1, 0.15) is 18.4 Å². The summed E-state index contributed by atoms with van der Waals surface area (Å²) in [6.45, 7) is 4.55. The fraction of sp³-hybridized carbons (Fsp3) is 0.364. The number of rotatable bonds is 8. The lowest BCUT2D eigenvalue weighted by Crippen LogP contribution is -2.41. The summed E-state index contributed by atoms with van der Waals surface area (Å²) in [5.74, 6) is 0.548. The molecule has 0 radical (unpaired) electrons. The first-order chi connectivity index (χ1) is 15.7. The van der Waals surface area contributed by atoms with Gasteiger partial charge >= 0.3 is 0 Å². The van der Waals surface area contributed by atoms with Gasteiger partial charge in [0.05, 0.1) is 12.7 Å². The Balaban J connectivity index is 1.22. The van der Waals surface area contributed by atoms with Gasteiger partial charge in [-0.05, 0) is 30.5 Å². The fourth-order valence-electron chi connectivity index (χ4n) is 4.02. The Kier molecular flexibility index (Phi) is 6.22. The lowest BCUT2D eigenvalue weighted by atomic mass is 10.1. The molecule has 8 nitrogen and oxygen atoms in total. The van der Waals surface area contributed by atoms with E-state index in [1.807, 2.05) is 11.6 Å². The van der Waals surface area contributed by atoms with E-state index in [0.717, 1.165) is 66.8 Å². The molecule has 0 spiro atoms. The van der Waals surface area contributed by atoms with Crippen molar-refractivity contribution in [3.8, 4) is 0 Å². The monoisotopic (exact) mass is 452 g/mol. The zero-order valence-electron chi connectivity index (χ0n) is 17.6. The van der Waals surface area contributed by atoms with Crippen molar-refractivity contribution in [1.82, 2.24) is 29.4 Å². The second kappa shape index (κ2) is 9.58. The molecule has 10 heteroatoms. The highest BCUT2D eigenvalue weighted by molar-refractivity contribution is 7.13. The van der Waals surface area contributed by atoms with Gasteiger partial charge < -0.3 is 15.5 Å². The molecular formula is C22H25FN8S. The van der Waals surface area contributed by atoms with Gasteiger partial charge in [-0.15, -0.1) is 11.3 Å². The molecule has 0 aliphatic carbocycles. The summed E-state index contributed by atoms with van der Waals surface area (Å²) in [6.07, 6.45) is 7.17. The first-order valence-corrected chi connectivity index (χ1v) is 11.7. The van der Waals surface area contributed by atoms with Crippen molar-refractivity contribution in [3.63, 3.8) is 0 Å². The van der Waals surface area contributed by atoms with Crippen LogP contribution in [0.5, 0.6) is 0 Å². The average molecular weight is 453 g/mol. The molecule has 0 saturated carbocycles. The SMILES string of the molecule is Fc1ccc(Cn2c(NC3CCN(CCNc4nccs4)CC3)nc3cncnc32)cc1. The number of halogens is 1. The predicted octanol–water partition coefficient (Wildman–Crippen LogP) is 3.46. The Morgan fingerprint density at radius 1 is 1.12 bits per heavy atom. The van der Waals surface area contributed by atoms with Gasteiger partial charge in [0, 0.05) is 43.8 Å². The van der Waals surface area contributed by atoms with E-state index < -0.39 is 0 Å². The third-order valence-corrected chi connectivity index (χ3v) is 6.45. The number of imidazole rings is 1. The van der Waals surface area contributed by atoms with Gasteiger partial charge in [-0.25, -0.2) is 24.3 Å². The maximum atomic E-state index is 13.3. The summed E-state index contributed by atoms with van der Waals surface area (Å²) < 4.78 is 15.4. The molecule has 4 aromatic rings. The minimum atomic E-state index is -0.237. The van der Waals surface area contributed by atoms with Crippen molar-refractivity contribution >= 4 is 33.6 Å². The summed E-state index contributed by atoms with van der Waals surface area (Å²) in [5, 5.41) is 9.96. The van der Waals surface area contributed by atoms with Crippen LogP contribution in [0.3, 0.4) is 0 Å². The van der Waals surface area contributed by atoms with Crippen molar-refractivity contribution in [2.45, 2.75) is 25.4 Å². The van der Waals surface area contributed by atoms with Crippen LogP contribution in [0.2, 0.25) is 0 Å². The van der Waals surface area contributed by atoms with Crippen molar-refractivity contribution in [2.75, 3.05) is 36.8 Å². The molecule has 0 amide bonds. The number of nitrogens with zero attached hydrogens (tertiary/aromatic N) is 6. The van der Waals surface area contributed by atoms with Crippen LogP contribution >= 0.6 is 11.3 Å². The molecule has 0 bridgehead atoms. The standard InChI is InChI=1S/C22H25FN8S/c23-17-3-1-16(2-4-17)14-31-20-19(13-24-15-27-20)29-21(31)28-18-5-9-30(10-6-18)11-7-25-22-26-8-12-32-22/h1-4,8,12-13,15,18H,5-7,9-11,14H2,(H,25,26)(H,28,29). The van der Waals surface area contributed by atoms with Crippen molar-refractivity contribution in [1.29, 1.82) is 0 Å². The highest BCUT2D eigenvalue weighted by Crippen LogP contribution is 2.22. The van der Waals surface area contributed by atoms with E-state index >= 15 is 0 Å². The number of aromatic nitrogens is 5. The highest BCUT2D eigenvalue weighted by Gasteiger charge is 2.21. The first-order valence-electron chi connectivity index (χ1n) is 10.8.